The SMILES string of the molecule is Cc1cc2c(cc1/C=C/C1NCCc3c1cc(CO)c(OCc1ccccc1)c3Br)OCO2. The van der Waals surface area contributed by atoms with Gasteiger partial charge in [0.15, 0.2) is 11.5 Å². The molecule has 5 nitrogen and oxygen atoms in total. The number of rotatable bonds is 6. The summed E-state index contributed by atoms with van der Waals surface area (Å²) in [4.78, 5) is 0. The van der Waals surface area contributed by atoms with Crippen molar-refractivity contribution in [3.8, 4) is 17.2 Å². The smallest absolute Gasteiger partial charge is 0.231 e. The summed E-state index contributed by atoms with van der Waals surface area (Å²) in [5.41, 5.74) is 6.46. The Kier molecular flexibility index (Phi) is 6.40. The zero-order chi connectivity index (χ0) is 22.8. The van der Waals surface area contributed by atoms with Crippen LogP contribution in [-0.4, -0.2) is 18.4 Å². The van der Waals surface area contributed by atoms with Crippen LogP contribution in [0.5, 0.6) is 17.2 Å². The molecule has 0 amide bonds. The van der Waals surface area contributed by atoms with Crippen LogP contribution in [0.3, 0.4) is 0 Å². The molecule has 6 heteroatoms. The number of fused-ring (bicyclic) bond motifs is 2. The molecule has 1 atom stereocenters. The number of hydrogen-bond donors (Lipinski definition) is 2. The van der Waals surface area contributed by atoms with Gasteiger partial charge >= 0.3 is 0 Å². The summed E-state index contributed by atoms with van der Waals surface area (Å²) in [6.45, 7) is 3.56. The zero-order valence-electron chi connectivity index (χ0n) is 18.4. The average Bonchev–Trinajstić information content (AvgIpc) is 3.29. The van der Waals surface area contributed by atoms with E-state index in [4.69, 9.17) is 14.2 Å². The summed E-state index contributed by atoms with van der Waals surface area (Å²) < 4.78 is 18.1. The second kappa shape index (κ2) is 9.59. The minimum absolute atomic E-state index is 0.0309. The van der Waals surface area contributed by atoms with Crippen molar-refractivity contribution in [1.82, 2.24) is 5.32 Å². The maximum absolute atomic E-state index is 10.1. The predicted molar refractivity (Wildman–Crippen MR) is 132 cm³/mol. The van der Waals surface area contributed by atoms with Crippen LogP contribution in [0.4, 0.5) is 0 Å². The van der Waals surface area contributed by atoms with Crippen LogP contribution in [0.1, 0.15) is 39.4 Å². The van der Waals surface area contributed by atoms with Gasteiger partial charge in [0.25, 0.3) is 0 Å². The van der Waals surface area contributed by atoms with Crippen molar-refractivity contribution in [2.24, 2.45) is 0 Å². The van der Waals surface area contributed by atoms with Crippen LogP contribution in [0.15, 0.2) is 59.1 Å². The number of aliphatic hydroxyl groups is 1. The van der Waals surface area contributed by atoms with E-state index in [0.29, 0.717) is 6.61 Å². The summed E-state index contributed by atoms with van der Waals surface area (Å²) >= 11 is 3.78. The van der Waals surface area contributed by atoms with Crippen LogP contribution >= 0.6 is 15.9 Å². The number of aliphatic hydroxyl groups excluding tert-OH is 1. The molecule has 3 aromatic carbocycles. The lowest BCUT2D eigenvalue weighted by atomic mass is 9.91. The number of aryl methyl sites for hydroxylation is 1. The fourth-order valence-corrected chi connectivity index (χ4v) is 5.15. The lowest BCUT2D eigenvalue weighted by Gasteiger charge is -2.28. The Morgan fingerprint density at radius 1 is 1.15 bits per heavy atom. The lowest BCUT2D eigenvalue weighted by molar-refractivity contribution is 0.174. The predicted octanol–water partition coefficient (Wildman–Crippen LogP) is 5.46. The minimum atomic E-state index is -0.0896. The minimum Gasteiger partial charge on any atom is -0.487 e. The van der Waals surface area contributed by atoms with Crippen molar-refractivity contribution in [1.29, 1.82) is 0 Å². The van der Waals surface area contributed by atoms with Gasteiger partial charge in [-0.3, -0.25) is 0 Å². The molecule has 3 aromatic rings. The first-order valence-corrected chi connectivity index (χ1v) is 11.9. The average molecular weight is 508 g/mol. The lowest BCUT2D eigenvalue weighted by Crippen LogP contribution is -2.29. The number of nitrogens with one attached hydrogen (secondary N) is 1. The molecule has 5 rings (SSSR count). The standard InChI is InChI=1S/C27H26BrNO4/c1-17-11-24-25(33-16-32-24)13-19(17)7-8-23-22-12-20(14-30)27(26(28)21(22)9-10-29-23)31-15-18-5-3-2-4-6-18/h2-8,11-13,23,29-30H,9-10,14-16H2,1H3/b8-7+. The van der Waals surface area contributed by atoms with Crippen LogP contribution in [0, 0.1) is 6.92 Å². The number of benzene rings is 3. The molecule has 0 aliphatic carbocycles. The van der Waals surface area contributed by atoms with Gasteiger partial charge in [-0.05, 0) is 75.3 Å². The van der Waals surface area contributed by atoms with E-state index in [1.165, 1.54) is 5.56 Å². The van der Waals surface area contributed by atoms with Gasteiger partial charge in [0.1, 0.15) is 12.4 Å². The van der Waals surface area contributed by atoms with Gasteiger partial charge in [-0.2, -0.15) is 0 Å². The molecule has 33 heavy (non-hydrogen) atoms. The molecule has 2 aliphatic heterocycles. The van der Waals surface area contributed by atoms with Crippen molar-refractivity contribution in [2.45, 2.75) is 32.6 Å². The van der Waals surface area contributed by atoms with Gasteiger partial charge in [-0.25, -0.2) is 0 Å². The molecule has 0 fully saturated rings. The zero-order valence-corrected chi connectivity index (χ0v) is 20.0. The van der Waals surface area contributed by atoms with Crippen LogP contribution < -0.4 is 19.5 Å². The quantitative estimate of drug-likeness (QED) is 0.464. The van der Waals surface area contributed by atoms with Gasteiger partial charge in [-0.15, -0.1) is 0 Å². The summed E-state index contributed by atoms with van der Waals surface area (Å²) in [6, 6.07) is 16.2. The van der Waals surface area contributed by atoms with Gasteiger partial charge in [0, 0.05) is 12.1 Å². The molecule has 0 saturated heterocycles. The summed E-state index contributed by atoms with van der Waals surface area (Å²) in [6.07, 6.45) is 5.17. The first-order chi connectivity index (χ1) is 16.1. The summed E-state index contributed by atoms with van der Waals surface area (Å²) in [5, 5.41) is 13.7. The molecule has 170 valence electrons. The van der Waals surface area contributed by atoms with Crippen molar-refractivity contribution in [3.05, 3.63) is 92.5 Å². The van der Waals surface area contributed by atoms with E-state index < -0.39 is 0 Å². The second-order valence-electron chi connectivity index (χ2n) is 8.28. The summed E-state index contributed by atoms with van der Waals surface area (Å²) in [7, 11) is 0. The highest BCUT2D eigenvalue weighted by molar-refractivity contribution is 9.10. The molecular weight excluding hydrogens is 482 g/mol. The van der Waals surface area contributed by atoms with Gasteiger partial charge in [-0.1, -0.05) is 42.5 Å². The molecule has 0 spiro atoms. The molecule has 2 heterocycles. The van der Waals surface area contributed by atoms with E-state index in [2.05, 4.69) is 46.4 Å². The Hall–Kier alpha value is -2.80. The monoisotopic (exact) mass is 507 g/mol. The van der Waals surface area contributed by atoms with Crippen molar-refractivity contribution >= 4 is 22.0 Å². The molecule has 1 unspecified atom stereocenters. The van der Waals surface area contributed by atoms with E-state index in [1.54, 1.807) is 0 Å². The van der Waals surface area contributed by atoms with Gasteiger partial charge in [0.2, 0.25) is 6.79 Å². The van der Waals surface area contributed by atoms with Crippen molar-refractivity contribution in [2.75, 3.05) is 13.3 Å². The summed E-state index contributed by atoms with van der Waals surface area (Å²) in [5.74, 6) is 2.30. The maximum Gasteiger partial charge on any atom is 0.231 e. The second-order valence-corrected chi connectivity index (χ2v) is 9.07. The Labute approximate surface area is 202 Å². The Bertz CT molecular complexity index is 1190. The molecule has 2 aliphatic rings. The van der Waals surface area contributed by atoms with Crippen molar-refractivity contribution < 1.29 is 19.3 Å². The van der Waals surface area contributed by atoms with Gasteiger partial charge in [0.05, 0.1) is 17.1 Å². The van der Waals surface area contributed by atoms with Crippen LogP contribution in [0.2, 0.25) is 0 Å². The first kappa shape index (κ1) is 22.0. The highest BCUT2D eigenvalue weighted by atomic mass is 79.9. The molecule has 0 radical (unpaired) electrons. The highest BCUT2D eigenvalue weighted by Gasteiger charge is 2.25. The van der Waals surface area contributed by atoms with Crippen molar-refractivity contribution in [3.63, 3.8) is 0 Å². The largest absolute Gasteiger partial charge is 0.487 e. The third-order valence-corrected chi connectivity index (χ3v) is 6.97. The molecule has 0 saturated carbocycles. The molecular formula is C27H26BrNO4. The third kappa shape index (κ3) is 4.51. The fraction of sp³-hybridized carbons (Fsp3) is 0.259. The third-order valence-electron chi connectivity index (χ3n) is 6.13. The topological polar surface area (TPSA) is 60.0 Å². The van der Waals surface area contributed by atoms with Gasteiger partial charge < -0.3 is 24.6 Å². The molecule has 0 bridgehead atoms. The Morgan fingerprint density at radius 3 is 2.73 bits per heavy atom. The molecule has 0 aromatic heterocycles. The van der Waals surface area contributed by atoms with E-state index in [1.807, 2.05) is 42.5 Å². The normalized spacial score (nSPS) is 16.8. The fourth-order valence-electron chi connectivity index (χ4n) is 4.35. The number of hydrogen-bond acceptors (Lipinski definition) is 5. The number of ether oxygens (including phenoxy) is 3. The molecule has 2 N–H and O–H groups in total. The Morgan fingerprint density at radius 2 is 1.94 bits per heavy atom. The maximum atomic E-state index is 10.1. The van der Waals surface area contributed by atoms with Crippen LogP contribution in [-0.2, 0) is 19.6 Å². The van der Waals surface area contributed by atoms with E-state index in [9.17, 15) is 5.11 Å². The number of halogens is 1. The highest BCUT2D eigenvalue weighted by Crippen LogP contribution is 2.40. The van der Waals surface area contributed by atoms with Crippen LogP contribution in [0.25, 0.3) is 6.08 Å². The van der Waals surface area contributed by atoms with E-state index in [0.717, 1.165) is 62.5 Å². The first-order valence-electron chi connectivity index (χ1n) is 11.1. The Balaban J connectivity index is 1.43. The van der Waals surface area contributed by atoms with E-state index >= 15 is 0 Å². The van der Waals surface area contributed by atoms with E-state index in [-0.39, 0.29) is 19.4 Å².